The molecule has 1 heterocycles. The quantitative estimate of drug-likeness (QED) is 0.599. The zero-order valence-electron chi connectivity index (χ0n) is 8.66. The van der Waals surface area contributed by atoms with Crippen molar-refractivity contribution in [2.24, 2.45) is 0 Å². The third-order valence-corrected chi connectivity index (χ3v) is 2.56. The molecule has 0 bridgehead atoms. The number of rotatable bonds is 3. The molecule has 1 heteroatoms. The summed E-state index contributed by atoms with van der Waals surface area (Å²) in [5.41, 5.74) is 1.23. The lowest BCUT2D eigenvalue weighted by Crippen LogP contribution is -2.25. The smallest absolute Gasteiger partial charge is 0.0339 e. The van der Waals surface area contributed by atoms with E-state index in [2.05, 4.69) is 30.7 Å². The zero-order chi connectivity index (χ0) is 9.68. The second-order valence-electron chi connectivity index (χ2n) is 3.60. The van der Waals surface area contributed by atoms with Crippen molar-refractivity contribution >= 4 is 0 Å². The maximum absolute atomic E-state index is 4.10. The summed E-state index contributed by atoms with van der Waals surface area (Å²) < 4.78 is 0. The number of nitrogens with zero attached hydrogens (tertiary/aromatic N) is 1. The van der Waals surface area contributed by atoms with Gasteiger partial charge in [-0.25, -0.2) is 0 Å². The fraction of sp³-hybridized carbons (Fsp3) is 0.500. The Morgan fingerprint density at radius 3 is 2.77 bits per heavy atom. The summed E-state index contributed by atoms with van der Waals surface area (Å²) in [4.78, 5) is 2.38. The van der Waals surface area contributed by atoms with Crippen LogP contribution in [0.3, 0.4) is 0 Å². The lowest BCUT2D eigenvalue weighted by Gasteiger charge is -2.19. The third kappa shape index (κ3) is 2.85. The van der Waals surface area contributed by atoms with Gasteiger partial charge in [0.15, 0.2) is 0 Å². The first-order chi connectivity index (χ1) is 6.25. The minimum Gasteiger partial charge on any atom is -0.299 e. The van der Waals surface area contributed by atoms with E-state index >= 15 is 0 Å². The highest BCUT2D eigenvalue weighted by Crippen LogP contribution is 2.21. The van der Waals surface area contributed by atoms with Crippen molar-refractivity contribution in [3.63, 3.8) is 0 Å². The van der Waals surface area contributed by atoms with Crippen molar-refractivity contribution in [1.82, 2.24) is 4.90 Å². The molecule has 1 aliphatic rings. The molecule has 0 radical (unpaired) electrons. The lowest BCUT2D eigenvalue weighted by molar-refractivity contribution is 0.349. The Morgan fingerprint density at radius 1 is 1.46 bits per heavy atom. The van der Waals surface area contributed by atoms with E-state index in [4.69, 9.17) is 0 Å². The van der Waals surface area contributed by atoms with E-state index in [1.807, 2.05) is 19.1 Å². The molecule has 0 aliphatic carbocycles. The van der Waals surface area contributed by atoms with Crippen LogP contribution in [0.1, 0.15) is 19.8 Å². The van der Waals surface area contributed by atoms with Crippen molar-refractivity contribution < 1.29 is 0 Å². The summed E-state index contributed by atoms with van der Waals surface area (Å²) in [6.45, 7) is 7.33. The fourth-order valence-corrected chi connectivity index (χ4v) is 1.78. The summed E-state index contributed by atoms with van der Waals surface area (Å²) in [5.74, 6) is 0. The molecule has 0 aromatic carbocycles. The van der Waals surface area contributed by atoms with E-state index in [1.54, 1.807) is 0 Å². The minimum absolute atomic E-state index is 0.571. The predicted octanol–water partition coefficient (Wildman–Crippen LogP) is 2.77. The van der Waals surface area contributed by atoms with Crippen molar-refractivity contribution in [3.05, 3.63) is 36.5 Å². The molecule has 0 saturated carbocycles. The molecule has 1 atom stereocenters. The maximum atomic E-state index is 4.10. The van der Waals surface area contributed by atoms with Crippen LogP contribution in [0.15, 0.2) is 36.5 Å². The number of likely N-dealkylation sites (tertiary alicyclic amines) is 1. The molecule has 1 nitrogen and oxygen atoms in total. The Morgan fingerprint density at radius 2 is 2.23 bits per heavy atom. The first-order valence-corrected chi connectivity index (χ1v) is 4.94. The van der Waals surface area contributed by atoms with Gasteiger partial charge in [0.05, 0.1) is 0 Å². The van der Waals surface area contributed by atoms with E-state index in [0.29, 0.717) is 6.04 Å². The number of likely N-dealkylation sites (N-methyl/N-ethyl adjacent to an activating group) is 1. The van der Waals surface area contributed by atoms with Gasteiger partial charge in [0, 0.05) is 6.04 Å². The molecule has 0 N–H and O–H groups in total. The largest absolute Gasteiger partial charge is 0.299 e. The van der Waals surface area contributed by atoms with Crippen LogP contribution in [0.4, 0.5) is 0 Å². The van der Waals surface area contributed by atoms with E-state index in [1.165, 1.54) is 25.0 Å². The van der Waals surface area contributed by atoms with E-state index in [-0.39, 0.29) is 0 Å². The first-order valence-electron chi connectivity index (χ1n) is 4.94. The van der Waals surface area contributed by atoms with Gasteiger partial charge in [0.2, 0.25) is 0 Å². The van der Waals surface area contributed by atoms with Gasteiger partial charge in [-0.3, -0.25) is 4.90 Å². The molecule has 72 valence electrons. The molecule has 0 aromatic heterocycles. The highest BCUT2D eigenvalue weighted by atomic mass is 15.1. The van der Waals surface area contributed by atoms with Crippen LogP contribution < -0.4 is 0 Å². The molecule has 1 saturated heterocycles. The van der Waals surface area contributed by atoms with Crippen LogP contribution in [-0.4, -0.2) is 24.5 Å². The Kier molecular flexibility index (Phi) is 3.97. The minimum atomic E-state index is 0.571. The topological polar surface area (TPSA) is 3.24 Å². The molecule has 0 aromatic rings. The van der Waals surface area contributed by atoms with Crippen LogP contribution in [-0.2, 0) is 0 Å². The molecule has 13 heavy (non-hydrogen) atoms. The zero-order valence-corrected chi connectivity index (χ0v) is 8.66. The van der Waals surface area contributed by atoms with E-state index in [9.17, 15) is 0 Å². The average molecular weight is 177 g/mol. The molecule has 0 amide bonds. The molecule has 1 aliphatic heterocycles. The van der Waals surface area contributed by atoms with Gasteiger partial charge in [-0.2, -0.15) is 0 Å². The summed E-state index contributed by atoms with van der Waals surface area (Å²) in [5, 5.41) is 0. The van der Waals surface area contributed by atoms with Gasteiger partial charge in [-0.05, 0) is 38.9 Å². The van der Waals surface area contributed by atoms with Crippen molar-refractivity contribution in [2.75, 3.05) is 13.6 Å². The van der Waals surface area contributed by atoms with Crippen molar-refractivity contribution in [1.29, 1.82) is 0 Å². The lowest BCUT2D eigenvalue weighted by atomic mass is 10.1. The summed E-state index contributed by atoms with van der Waals surface area (Å²) in [7, 11) is 2.17. The second-order valence-corrected chi connectivity index (χ2v) is 3.60. The Balaban J connectivity index is 2.47. The Labute approximate surface area is 81.4 Å². The predicted molar refractivity (Wildman–Crippen MR) is 58.7 cm³/mol. The normalized spacial score (nSPS) is 24.9. The molecular weight excluding hydrogens is 158 g/mol. The van der Waals surface area contributed by atoms with Crippen molar-refractivity contribution in [3.8, 4) is 0 Å². The number of hydrogen-bond donors (Lipinski definition) is 0. The first kappa shape index (κ1) is 10.3. The van der Waals surface area contributed by atoms with Crippen LogP contribution in [0.2, 0.25) is 0 Å². The van der Waals surface area contributed by atoms with Crippen LogP contribution >= 0.6 is 0 Å². The molecule has 1 fully saturated rings. The molecule has 1 unspecified atom stereocenters. The molecular formula is C12H19N. The van der Waals surface area contributed by atoms with Gasteiger partial charge < -0.3 is 0 Å². The van der Waals surface area contributed by atoms with Crippen molar-refractivity contribution in [2.45, 2.75) is 25.8 Å². The van der Waals surface area contributed by atoms with Gasteiger partial charge in [-0.15, -0.1) is 0 Å². The highest BCUT2D eigenvalue weighted by Gasteiger charge is 2.21. The summed E-state index contributed by atoms with van der Waals surface area (Å²) in [6.07, 6.45) is 10.8. The molecule has 1 rings (SSSR count). The third-order valence-electron chi connectivity index (χ3n) is 2.56. The second kappa shape index (κ2) is 5.03. The highest BCUT2D eigenvalue weighted by molar-refractivity contribution is 5.25. The van der Waals surface area contributed by atoms with E-state index in [0.717, 1.165) is 0 Å². The SMILES string of the molecule is C=C(/C=C\C=C/C)C1CCCN1C. The number of hydrogen-bond acceptors (Lipinski definition) is 1. The Bertz CT molecular complexity index is 225. The van der Waals surface area contributed by atoms with Crippen LogP contribution in [0.25, 0.3) is 0 Å². The van der Waals surface area contributed by atoms with Gasteiger partial charge in [-0.1, -0.05) is 30.9 Å². The van der Waals surface area contributed by atoms with Gasteiger partial charge in [0.1, 0.15) is 0 Å². The standard InChI is InChI=1S/C12H19N/c1-4-5-6-8-11(2)12-9-7-10-13(12)3/h4-6,8,12H,2,7,9-10H2,1,3H3/b5-4-,8-6-. The molecule has 0 spiro atoms. The summed E-state index contributed by atoms with van der Waals surface area (Å²) in [6, 6.07) is 0.571. The Hall–Kier alpha value is -0.820. The van der Waals surface area contributed by atoms with E-state index < -0.39 is 0 Å². The fourth-order valence-electron chi connectivity index (χ4n) is 1.78. The monoisotopic (exact) mass is 177 g/mol. The van der Waals surface area contributed by atoms with Gasteiger partial charge in [0.25, 0.3) is 0 Å². The summed E-state index contributed by atoms with van der Waals surface area (Å²) >= 11 is 0. The van der Waals surface area contributed by atoms with Crippen LogP contribution in [0.5, 0.6) is 0 Å². The average Bonchev–Trinajstić information content (AvgIpc) is 2.52. The van der Waals surface area contributed by atoms with Crippen LogP contribution in [0, 0.1) is 0 Å². The maximum Gasteiger partial charge on any atom is 0.0339 e. The van der Waals surface area contributed by atoms with Gasteiger partial charge >= 0.3 is 0 Å². The number of allylic oxidation sites excluding steroid dienone is 3.